The summed E-state index contributed by atoms with van der Waals surface area (Å²) < 4.78 is 17.8. The van der Waals surface area contributed by atoms with E-state index in [1.54, 1.807) is 0 Å². The van der Waals surface area contributed by atoms with Crippen molar-refractivity contribution in [3.63, 3.8) is 0 Å². The van der Waals surface area contributed by atoms with Crippen molar-refractivity contribution in [2.75, 3.05) is 5.73 Å². The summed E-state index contributed by atoms with van der Waals surface area (Å²) in [6, 6.07) is 3.66. The Morgan fingerprint density at radius 3 is 2.60 bits per heavy atom. The van der Waals surface area contributed by atoms with Gasteiger partial charge in [0.2, 0.25) is 0 Å². The third-order valence-corrected chi connectivity index (χ3v) is 1.66. The first-order chi connectivity index (χ1) is 6.80. The van der Waals surface area contributed by atoms with Crippen LogP contribution in [0.2, 0.25) is 0 Å². The summed E-state index contributed by atoms with van der Waals surface area (Å²) in [5.41, 5.74) is 3.89. The third kappa shape index (κ3) is 2.92. The average molecular weight is 213 g/mol. The number of aliphatic hydroxyl groups is 1. The van der Waals surface area contributed by atoms with Crippen molar-refractivity contribution in [2.24, 2.45) is 0 Å². The van der Waals surface area contributed by atoms with Crippen LogP contribution in [0, 0.1) is 5.82 Å². The van der Waals surface area contributed by atoms with Crippen LogP contribution in [0.1, 0.15) is 13.8 Å². The van der Waals surface area contributed by atoms with E-state index in [4.69, 9.17) is 5.73 Å². The van der Waals surface area contributed by atoms with E-state index in [9.17, 15) is 14.3 Å². The number of hydrogen-bond donors (Lipinski definition) is 2. The van der Waals surface area contributed by atoms with Gasteiger partial charge in [0.25, 0.3) is 0 Å². The maximum absolute atomic E-state index is 13.2. The van der Waals surface area contributed by atoms with Gasteiger partial charge in [-0.05, 0) is 26.0 Å². The molecule has 0 atom stereocenters. The maximum Gasteiger partial charge on any atom is 0.343 e. The highest BCUT2D eigenvalue weighted by Gasteiger charge is 2.27. The summed E-state index contributed by atoms with van der Waals surface area (Å²) in [5.74, 6) is -1.92. The zero-order valence-corrected chi connectivity index (χ0v) is 8.45. The molecule has 0 radical (unpaired) electrons. The van der Waals surface area contributed by atoms with Gasteiger partial charge in [0.1, 0.15) is 0 Å². The Labute approximate surface area is 86.5 Å². The number of anilines is 1. The van der Waals surface area contributed by atoms with Gasteiger partial charge in [-0.1, -0.05) is 0 Å². The Kier molecular flexibility index (Phi) is 2.95. The molecule has 0 saturated heterocycles. The predicted octanol–water partition coefficient (Wildman–Crippen LogP) is 1.08. The first-order valence-electron chi connectivity index (χ1n) is 4.30. The zero-order chi connectivity index (χ0) is 11.6. The summed E-state index contributed by atoms with van der Waals surface area (Å²) in [7, 11) is 0. The van der Waals surface area contributed by atoms with Crippen LogP contribution in [-0.4, -0.2) is 16.7 Å². The molecule has 1 aromatic carbocycles. The second kappa shape index (κ2) is 3.86. The maximum atomic E-state index is 13.2. The Balaban J connectivity index is 2.87. The Morgan fingerprint density at radius 1 is 1.53 bits per heavy atom. The molecule has 1 aromatic rings. The predicted molar refractivity (Wildman–Crippen MR) is 52.7 cm³/mol. The second-order valence-corrected chi connectivity index (χ2v) is 3.64. The number of benzene rings is 1. The molecule has 1 rings (SSSR count). The fourth-order valence-electron chi connectivity index (χ4n) is 0.825. The molecule has 0 aliphatic heterocycles. The van der Waals surface area contributed by atoms with Crippen LogP contribution in [0.4, 0.5) is 10.1 Å². The molecule has 0 aromatic heterocycles. The molecule has 3 N–H and O–H groups in total. The Hall–Kier alpha value is -1.62. The molecule has 0 fully saturated rings. The van der Waals surface area contributed by atoms with Gasteiger partial charge < -0.3 is 15.6 Å². The molecule has 0 aliphatic carbocycles. The van der Waals surface area contributed by atoms with Crippen LogP contribution in [0.3, 0.4) is 0 Å². The van der Waals surface area contributed by atoms with Gasteiger partial charge in [-0.15, -0.1) is 0 Å². The second-order valence-electron chi connectivity index (χ2n) is 3.64. The standard InChI is InChI=1S/C10H12FNO3/c1-10(2,14)9(13)15-8-4-3-6(12)5-7(8)11/h3-5,14H,12H2,1-2H3. The van der Waals surface area contributed by atoms with Crippen LogP contribution < -0.4 is 10.5 Å². The first kappa shape index (κ1) is 11.5. The van der Waals surface area contributed by atoms with Gasteiger partial charge in [-0.2, -0.15) is 0 Å². The van der Waals surface area contributed by atoms with Gasteiger partial charge >= 0.3 is 5.97 Å². The van der Waals surface area contributed by atoms with E-state index in [0.717, 1.165) is 6.07 Å². The lowest BCUT2D eigenvalue weighted by Gasteiger charge is -2.15. The lowest BCUT2D eigenvalue weighted by atomic mass is 10.1. The van der Waals surface area contributed by atoms with Crippen molar-refractivity contribution in [2.45, 2.75) is 19.4 Å². The number of esters is 1. The van der Waals surface area contributed by atoms with Gasteiger partial charge in [0.15, 0.2) is 17.2 Å². The largest absolute Gasteiger partial charge is 0.421 e. The molecule has 4 nitrogen and oxygen atoms in total. The SMILES string of the molecule is CC(C)(O)C(=O)Oc1ccc(N)cc1F. The van der Waals surface area contributed by atoms with Crippen molar-refractivity contribution in [3.8, 4) is 5.75 Å². The fourth-order valence-corrected chi connectivity index (χ4v) is 0.825. The highest BCUT2D eigenvalue weighted by Crippen LogP contribution is 2.20. The summed E-state index contributed by atoms with van der Waals surface area (Å²) >= 11 is 0. The molecule has 15 heavy (non-hydrogen) atoms. The van der Waals surface area contributed by atoms with Gasteiger partial charge in [0.05, 0.1) is 0 Å². The summed E-state index contributed by atoms with van der Waals surface area (Å²) in [4.78, 5) is 11.2. The third-order valence-electron chi connectivity index (χ3n) is 1.66. The summed E-state index contributed by atoms with van der Waals surface area (Å²) in [5, 5.41) is 9.27. The molecule has 5 heteroatoms. The van der Waals surface area contributed by atoms with Crippen molar-refractivity contribution in [1.29, 1.82) is 0 Å². The molecule has 0 amide bonds. The summed E-state index contributed by atoms with van der Waals surface area (Å²) in [6.45, 7) is 2.51. The van der Waals surface area contributed by atoms with E-state index in [1.807, 2.05) is 0 Å². The molecule has 0 bridgehead atoms. The van der Waals surface area contributed by atoms with Crippen molar-refractivity contribution < 1.29 is 19.0 Å². The highest BCUT2D eigenvalue weighted by atomic mass is 19.1. The van der Waals surface area contributed by atoms with E-state index >= 15 is 0 Å². The zero-order valence-electron chi connectivity index (χ0n) is 8.45. The molecule has 0 heterocycles. The van der Waals surface area contributed by atoms with Crippen LogP contribution in [0.25, 0.3) is 0 Å². The minimum absolute atomic E-state index is 0.232. The van der Waals surface area contributed by atoms with Crippen LogP contribution in [-0.2, 0) is 4.79 Å². The molecule has 0 aliphatic rings. The van der Waals surface area contributed by atoms with Crippen LogP contribution >= 0.6 is 0 Å². The van der Waals surface area contributed by atoms with Crippen molar-refractivity contribution >= 4 is 11.7 Å². The van der Waals surface area contributed by atoms with E-state index < -0.39 is 17.4 Å². The Bertz CT molecular complexity index is 385. The van der Waals surface area contributed by atoms with E-state index in [2.05, 4.69) is 4.74 Å². The minimum atomic E-state index is -1.66. The normalized spacial score (nSPS) is 11.2. The lowest BCUT2D eigenvalue weighted by molar-refractivity contribution is -0.151. The monoisotopic (exact) mass is 213 g/mol. The molecule has 0 spiro atoms. The van der Waals surface area contributed by atoms with Crippen LogP contribution in [0.5, 0.6) is 5.75 Å². The van der Waals surface area contributed by atoms with E-state index in [-0.39, 0.29) is 11.4 Å². The van der Waals surface area contributed by atoms with Crippen LogP contribution in [0.15, 0.2) is 18.2 Å². The van der Waals surface area contributed by atoms with Gasteiger partial charge in [-0.3, -0.25) is 0 Å². The van der Waals surface area contributed by atoms with Crippen molar-refractivity contribution in [3.05, 3.63) is 24.0 Å². The molecular weight excluding hydrogens is 201 g/mol. The number of halogens is 1. The van der Waals surface area contributed by atoms with E-state index in [1.165, 1.54) is 26.0 Å². The van der Waals surface area contributed by atoms with Gasteiger partial charge in [-0.25, -0.2) is 9.18 Å². The highest BCUT2D eigenvalue weighted by molar-refractivity contribution is 5.80. The quantitative estimate of drug-likeness (QED) is 0.438. The first-order valence-corrected chi connectivity index (χ1v) is 4.30. The van der Waals surface area contributed by atoms with E-state index in [0.29, 0.717) is 0 Å². The fraction of sp³-hybridized carbons (Fsp3) is 0.300. The average Bonchev–Trinajstić information content (AvgIpc) is 2.08. The topological polar surface area (TPSA) is 72.5 Å². The molecular formula is C10H12FNO3. The number of nitrogen functional groups attached to an aromatic ring is 1. The summed E-state index contributed by atoms with van der Waals surface area (Å²) in [6.07, 6.45) is 0. The lowest BCUT2D eigenvalue weighted by Crippen LogP contribution is -2.35. The number of carbonyl (C=O) groups excluding carboxylic acids is 1. The number of hydrogen-bond acceptors (Lipinski definition) is 4. The number of carbonyl (C=O) groups is 1. The Morgan fingerprint density at radius 2 is 2.13 bits per heavy atom. The molecule has 0 unspecified atom stereocenters. The van der Waals surface area contributed by atoms with Crippen molar-refractivity contribution in [1.82, 2.24) is 0 Å². The smallest absolute Gasteiger partial charge is 0.343 e. The number of ether oxygens (including phenoxy) is 1. The molecule has 0 saturated carbocycles. The molecule has 82 valence electrons. The number of rotatable bonds is 2. The minimum Gasteiger partial charge on any atom is -0.421 e. The van der Waals surface area contributed by atoms with Gasteiger partial charge in [0, 0.05) is 11.8 Å². The number of nitrogens with two attached hydrogens (primary N) is 1.